The number of hydrogen-bond acceptors (Lipinski definition) is 6. The SMILES string of the molecule is CCCCC/C=C/CCC(=O)OCC(O)COCCC(C(=O)[O-])[N+](C)(C)C. The number of quaternary nitrogens is 1. The lowest BCUT2D eigenvalue weighted by molar-refractivity contribution is -0.889. The number of hydrogen-bond donors (Lipinski definition) is 1. The Hall–Kier alpha value is -1.44. The van der Waals surface area contributed by atoms with E-state index in [-0.39, 0.29) is 43.1 Å². The molecule has 0 aliphatic rings. The van der Waals surface area contributed by atoms with Crippen molar-refractivity contribution < 1.29 is 33.8 Å². The molecule has 0 heterocycles. The van der Waals surface area contributed by atoms with Gasteiger partial charge in [0.1, 0.15) is 18.8 Å². The Morgan fingerprint density at radius 1 is 1.11 bits per heavy atom. The van der Waals surface area contributed by atoms with E-state index in [4.69, 9.17) is 9.47 Å². The van der Waals surface area contributed by atoms with Gasteiger partial charge >= 0.3 is 5.97 Å². The topological polar surface area (TPSA) is 95.9 Å². The van der Waals surface area contributed by atoms with Gasteiger partial charge in [-0.05, 0) is 19.3 Å². The summed E-state index contributed by atoms with van der Waals surface area (Å²) in [5.74, 6) is -1.48. The van der Waals surface area contributed by atoms with Crippen molar-refractivity contribution >= 4 is 11.9 Å². The highest BCUT2D eigenvalue weighted by Crippen LogP contribution is 2.07. The van der Waals surface area contributed by atoms with Crippen LogP contribution >= 0.6 is 0 Å². The van der Waals surface area contributed by atoms with Gasteiger partial charge in [-0.2, -0.15) is 0 Å². The number of carbonyl (C=O) groups excluding carboxylic acids is 2. The summed E-state index contributed by atoms with van der Waals surface area (Å²) in [4.78, 5) is 22.7. The number of aliphatic hydroxyl groups excluding tert-OH is 1. The summed E-state index contributed by atoms with van der Waals surface area (Å²) in [5.41, 5.74) is 0. The molecule has 0 radical (unpaired) electrons. The average molecular weight is 388 g/mol. The van der Waals surface area contributed by atoms with E-state index in [1.165, 1.54) is 19.3 Å². The summed E-state index contributed by atoms with van der Waals surface area (Å²) in [5, 5.41) is 20.9. The molecule has 0 aliphatic carbocycles. The first-order chi connectivity index (χ1) is 12.7. The van der Waals surface area contributed by atoms with Crippen molar-refractivity contribution in [1.29, 1.82) is 0 Å². The van der Waals surface area contributed by atoms with E-state index in [9.17, 15) is 19.8 Å². The lowest BCUT2D eigenvalue weighted by atomic mass is 10.1. The van der Waals surface area contributed by atoms with Crippen LogP contribution in [-0.4, -0.2) is 74.6 Å². The second-order valence-corrected chi connectivity index (χ2v) is 7.66. The number of carboxylic acid groups (broad SMARTS) is 1. The third kappa shape index (κ3) is 14.3. The molecule has 0 aliphatic heterocycles. The maximum absolute atomic E-state index is 11.6. The van der Waals surface area contributed by atoms with Crippen molar-refractivity contribution in [1.82, 2.24) is 0 Å². The molecule has 0 aromatic heterocycles. The number of unbranched alkanes of at least 4 members (excludes halogenated alkanes) is 3. The van der Waals surface area contributed by atoms with Crippen LogP contribution in [0.25, 0.3) is 0 Å². The van der Waals surface area contributed by atoms with Gasteiger partial charge in [-0.25, -0.2) is 0 Å². The predicted molar refractivity (Wildman–Crippen MR) is 102 cm³/mol. The first-order valence-corrected chi connectivity index (χ1v) is 9.76. The number of rotatable bonds is 16. The van der Waals surface area contributed by atoms with Gasteiger partial charge < -0.3 is 29.0 Å². The number of aliphatic carboxylic acids is 1. The van der Waals surface area contributed by atoms with Gasteiger partial charge in [0.15, 0.2) is 0 Å². The zero-order valence-corrected chi connectivity index (χ0v) is 17.3. The van der Waals surface area contributed by atoms with Crippen molar-refractivity contribution in [2.24, 2.45) is 0 Å². The number of carbonyl (C=O) groups is 2. The Kier molecular flexibility index (Phi) is 13.8. The van der Waals surface area contributed by atoms with E-state index in [2.05, 4.69) is 13.0 Å². The second-order valence-electron chi connectivity index (χ2n) is 7.66. The molecule has 7 nitrogen and oxygen atoms in total. The normalized spacial score (nSPS) is 14.3. The summed E-state index contributed by atoms with van der Waals surface area (Å²) < 4.78 is 10.5. The Morgan fingerprint density at radius 3 is 2.37 bits per heavy atom. The molecule has 0 amide bonds. The molecule has 0 aromatic carbocycles. The standard InChI is InChI=1S/C20H37NO6/c1-5-6-7-8-9-10-11-12-19(23)27-16-17(22)15-26-14-13-18(20(24)25)21(2,3)4/h9-10,17-18,22H,5-8,11-16H2,1-4H3/b10-9+. The highest BCUT2D eigenvalue weighted by molar-refractivity contribution is 5.70. The Balaban J connectivity index is 3.80. The van der Waals surface area contributed by atoms with E-state index in [0.29, 0.717) is 6.42 Å². The molecule has 1 N–H and O–H groups in total. The number of ether oxygens (including phenoxy) is 2. The minimum atomic E-state index is -1.13. The number of allylic oxidation sites excluding steroid dienone is 2. The number of carboxylic acids is 1. The number of esters is 1. The Bertz CT molecular complexity index is 444. The van der Waals surface area contributed by atoms with Gasteiger partial charge in [-0.15, -0.1) is 0 Å². The highest BCUT2D eigenvalue weighted by Gasteiger charge is 2.24. The minimum absolute atomic E-state index is 0.0124. The summed E-state index contributed by atoms with van der Waals surface area (Å²) >= 11 is 0. The van der Waals surface area contributed by atoms with Gasteiger partial charge in [-0.3, -0.25) is 4.79 Å². The molecule has 158 valence electrons. The molecule has 0 saturated carbocycles. The molecule has 27 heavy (non-hydrogen) atoms. The second kappa shape index (κ2) is 14.6. The molecule has 0 spiro atoms. The Morgan fingerprint density at radius 2 is 1.78 bits per heavy atom. The average Bonchev–Trinajstić information content (AvgIpc) is 2.57. The third-order valence-electron chi connectivity index (χ3n) is 4.15. The van der Waals surface area contributed by atoms with Gasteiger partial charge in [0.25, 0.3) is 0 Å². The van der Waals surface area contributed by atoms with Crippen molar-refractivity contribution in [3.8, 4) is 0 Å². The number of likely N-dealkylation sites (N-methyl/N-ethyl adjacent to an activating group) is 1. The minimum Gasteiger partial charge on any atom is -0.544 e. The molecule has 0 saturated heterocycles. The van der Waals surface area contributed by atoms with Crippen LogP contribution in [0, 0.1) is 0 Å². The molecule has 2 atom stereocenters. The molecule has 0 aromatic rings. The summed E-state index contributed by atoms with van der Waals surface area (Å²) in [6, 6.07) is -0.685. The molecule has 2 unspecified atom stereocenters. The van der Waals surface area contributed by atoms with Gasteiger partial charge in [-0.1, -0.05) is 31.9 Å². The fourth-order valence-corrected chi connectivity index (χ4v) is 2.49. The van der Waals surface area contributed by atoms with Crippen LogP contribution in [0.2, 0.25) is 0 Å². The molecular formula is C20H37NO6. The third-order valence-corrected chi connectivity index (χ3v) is 4.15. The quantitative estimate of drug-likeness (QED) is 0.184. The van der Waals surface area contributed by atoms with Crippen molar-refractivity contribution in [2.45, 2.75) is 64.0 Å². The zero-order valence-electron chi connectivity index (χ0n) is 17.3. The lowest BCUT2D eigenvalue weighted by Crippen LogP contribution is -2.55. The van der Waals surface area contributed by atoms with Gasteiger partial charge in [0, 0.05) is 12.8 Å². The summed E-state index contributed by atoms with van der Waals surface area (Å²) in [6.07, 6.45) is 8.96. The molecule has 0 fully saturated rings. The van der Waals surface area contributed by atoms with Crippen molar-refractivity contribution in [3.63, 3.8) is 0 Å². The first-order valence-electron chi connectivity index (χ1n) is 9.76. The number of nitrogens with zero attached hydrogens (tertiary/aromatic N) is 1. The maximum atomic E-state index is 11.6. The molecule has 0 bridgehead atoms. The highest BCUT2D eigenvalue weighted by atomic mass is 16.5. The molecular weight excluding hydrogens is 350 g/mol. The van der Waals surface area contributed by atoms with Crippen LogP contribution in [0.4, 0.5) is 0 Å². The van der Waals surface area contributed by atoms with Crippen LogP contribution in [-0.2, 0) is 19.1 Å². The smallest absolute Gasteiger partial charge is 0.306 e. The van der Waals surface area contributed by atoms with Gasteiger partial charge in [0.2, 0.25) is 0 Å². The van der Waals surface area contributed by atoms with E-state index < -0.39 is 18.1 Å². The fraction of sp³-hybridized carbons (Fsp3) is 0.800. The fourth-order valence-electron chi connectivity index (χ4n) is 2.49. The van der Waals surface area contributed by atoms with Crippen LogP contribution in [0.15, 0.2) is 12.2 Å². The van der Waals surface area contributed by atoms with Crippen molar-refractivity contribution in [2.75, 3.05) is 41.0 Å². The Labute approximate surface area is 163 Å². The zero-order chi connectivity index (χ0) is 20.7. The van der Waals surface area contributed by atoms with Gasteiger partial charge in [0.05, 0.1) is 40.3 Å². The van der Waals surface area contributed by atoms with Crippen LogP contribution in [0.5, 0.6) is 0 Å². The van der Waals surface area contributed by atoms with E-state index in [1.807, 2.05) is 6.08 Å². The molecule has 7 heteroatoms. The summed E-state index contributed by atoms with van der Waals surface area (Å²) in [6.45, 7) is 2.20. The summed E-state index contributed by atoms with van der Waals surface area (Å²) in [7, 11) is 5.32. The van der Waals surface area contributed by atoms with Crippen molar-refractivity contribution in [3.05, 3.63) is 12.2 Å². The van der Waals surface area contributed by atoms with Crippen LogP contribution in [0.1, 0.15) is 51.9 Å². The monoisotopic (exact) mass is 387 g/mol. The van der Waals surface area contributed by atoms with Crippen LogP contribution in [0.3, 0.4) is 0 Å². The lowest BCUT2D eigenvalue weighted by Gasteiger charge is -2.34. The van der Waals surface area contributed by atoms with E-state index in [0.717, 1.165) is 6.42 Å². The largest absolute Gasteiger partial charge is 0.544 e. The predicted octanol–water partition coefficient (Wildman–Crippen LogP) is 1.04. The van der Waals surface area contributed by atoms with E-state index in [1.54, 1.807) is 21.1 Å². The van der Waals surface area contributed by atoms with Crippen LogP contribution < -0.4 is 5.11 Å². The maximum Gasteiger partial charge on any atom is 0.306 e. The molecule has 0 rings (SSSR count). The van der Waals surface area contributed by atoms with E-state index >= 15 is 0 Å². The number of aliphatic hydroxyl groups is 1. The first kappa shape index (κ1) is 25.6.